The molecule has 132 valence electrons. The molecule has 1 aliphatic heterocycles. The second kappa shape index (κ2) is 8.18. The molecule has 0 aromatic carbocycles. The summed E-state index contributed by atoms with van der Waals surface area (Å²) in [6.45, 7) is 1.68. The van der Waals surface area contributed by atoms with Crippen molar-refractivity contribution in [2.75, 3.05) is 39.4 Å². The molecule has 0 radical (unpaired) electrons. The monoisotopic (exact) mass is 356 g/mol. The first-order chi connectivity index (χ1) is 11.4. The van der Waals surface area contributed by atoms with Crippen molar-refractivity contribution >= 4 is 29.1 Å². The van der Waals surface area contributed by atoms with E-state index in [0.717, 1.165) is 0 Å². The van der Waals surface area contributed by atoms with E-state index in [9.17, 15) is 19.5 Å². The molecule has 1 fully saturated rings. The van der Waals surface area contributed by atoms with E-state index >= 15 is 0 Å². The van der Waals surface area contributed by atoms with Crippen molar-refractivity contribution < 1.29 is 24.2 Å². The highest BCUT2D eigenvalue weighted by atomic mass is 32.1. The van der Waals surface area contributed by atoms with Crippen LogP contribution in [0.15, 0.2) is 10.9 Å². The Morgan fingerprint density at radius 1 is 1.46 bits per heavy atom. The summed E-state index contributed by atoms with van der Waals surface area (Å²) in [6.07, 6.45) is 0. The summed E-state index contributed by atoms with van der Waals surface area (Å²) in [5.41, 5.74) is 0.409. The molecule has 2 rings (SSSR count). The number of hydrogen-bond donors (Lipinski definition) is 3. The fourth-order valence-electron chi connectivity index (χ4n) is 2.21. The molecule has 0 spiro atoms. The second-order valence-electron chi connectivity index (χ2n) is 5.56. The lowest BCUT2D eigenvalue weighted by molar-refractivity contribution is -0.134. The molecule has 1 unspecified atom stereocenters. The van der Waals surface area contributed by atoms with Gasteiger partial charge in [-0.2, -0.15) is 0 Å². The van der Waals surface area contributed by atoms with Crippen LogP contribution >= 0.6 is 11.3 Å². The van der Waals surface area contributed by atoms with Crippen molar-refractivity contribution in [3.63, 3.8) is 0 Å². The second-order valence-corrected chi connectivity index (χ2v) is 6.28. The molecule has 24 heavy (non-hydrogen) atoms. The van der Waals surface area contributed by atoms with E-state index in [1.807, 2.05) is 0 Å². The predicted octanol–water partition coefficient (Wildman–Crippen LogP) is -1.40. The Hall–Kier alpha value is -2.04. The van der Waals surface area contributed by atoms with Crippen molar-refractivity contribution in [1.29, 1.82) is 0 Å². The number of aliphatic hydroxyl groups is 1. The maximum absolute atomic E-state index is 12.1. The van der Waals surface area contributed by atoms with Gasteiger partial charge in [0.1, 0.15) is 11.3 Å². The van der Waals surface area contributed by atoms with E-state index in [1.54, 1.807) is 10.9 Å². The fraction of sp³-hybridized carbons (Fsp3) is 0.571. The Balaban J connectivity index is 1.93. The number of carbonyl (C=O) groups is 3. The summed E-state index contributed by atoms with van der Waals surface area (Å²) in [5, 5.41) is 17.3. The van der Waals surface area contributed by atoms with Crippen molar-refractivity contribution in [2.45, 2.75) is 12.5 Å². The van der Waals surface area contributed by atoms with E-state index in [-0.39, 0.29) is 50.4 Å². The molecule has 1 saturated heterocycles. The van der Waals surface area contributed by atoms with Crippen LogP contribution in [0.5, 0.6) is 0 Å². The third kappa shape index (κ3) is 5.25. The van der Waals surface area contributed by atoms with Crippen molar-refractivity contribution in [2.24, 2.45) is 0 Å². The summed E-state index contributed by atoms with van der Waals surface area (Å²) in [4.78, 5) is 40.3. The average molecular weight is 356 g/mol. The van der Waals surface area contributed by atoms with Gasteiger partial charge in [-0.05, 0) is 0 Å². The third-order valence-electron chi connectivity index (χ3n) is 3.45. The molecular weight excluding hydrogens is 336 g/mol. The number of aromatic nitrogens is 1. The van der Waals surface area contributed by atoms with E-state index < -0.39 is 11.5 Å². The van der Waals surface area contributed by atoms with Gasteiger partial charge in [0.15, 0.2) is 0 Å². The number of nitrogens with zero attached hydrogens (tertiary/aromatic N) is 2. The predicted molar refractivity (Wildman–Crippen MR) is 85.5 cm³/mol. The lowest BCUT2D eigenvalue weighted by Crippen LogP contribution is -2.54. The summed E-state index contributed by atoms with van der Waals surface area (Å²) in [7, 11) is 0. The molecule has 10 heteroatoms. The van der Waals surface area contributed by atoms with Gasteiger partial charge in [0.25, 0.3) is 5.91 Å². The van der Waals surface area contributed by atoms with Gasteiger partial charge in [-0.15, -0.1) is 11.3 Å². The van der Waals surface area contributed by atoms with Crippen LogP contribution in [0.4, 0.5) is 0 Å². The highest BCUT2D eigenvalue weighted by molar-refractivity contribution is 7.07. The first-order valence-corrected chi connectivity index (χ1v) is 8.33. The molecule has 3 N–H and O–H groups in total. The van der Waals surface area contributed by atoms with Gasteiger partial charge in [0.05, 0.1) is 38.4 Å². The minimum atomic E-state index is -1.41. The lowest BCUT2D eigenvalue weighted by atomic mass is 10.0. The van der Waals surface area contributed by atoms with Gasteiger partial charge < -0.3 is 25.4 Å². The van der Waals surface area contributed by atoms with Gasteiger partial charge in [-0.1, -0.05) is 0 Å². The van der Waals surface area contributed by atoms with Gasteiger partial charge in [-0.3, -0.25) is 14.4 Å². The van der Waals surface area contributed by atoms with E-state index in [2.05, 4.69) is 15.6 Å². The molecule has 1 aliphatic rings. The Labute approximate surface area is 143 Å². The van der Waals surface area contributed by atoms with Crippen LogP contribution in [-0.4, -0.2) is 77.7 Å². The quantitative estimate of drug-likeness (QED) is 0.597. The minimum Gasteiger partial charge on any atom is -0.384 e. The topological polar surface area (TPSA) is 121 Å². The van der Waals surface area contributed by atoms with E-state index in [4.69, 9.17) is 4.74 Å². The minimum absolute atomic E-state index is 0.00274. The van der Waals surface area contributed by atoms with Crippen LogP contribution in [0.25, 0.3) is 0 Å². The average Bonchev–Trinajstić information content (AvgIpc) is 3.01. The number of ether oxygens (including phenoxy) is 1. The summed E-state index contributed by atoms with van der Waals surface area (Å²) >= 11 is 1.30. The van der Waals surface area contributed by atoms with Crippen LogP contribution in [0.3, 0.4) is 0 Å². The molecule has 1 aromatic rings. The first-order valence-electron chi connectivity index (χ1n) is 7.38. The zero-order valence-corrected chi connectivity index (χ0v) is 14.1. The van der Waals surface area contributed by atoms with Crippen LogP contribution in [0.1, 0.15) is 17.4 Å². The molecule has 0 saturated carbocycles. The SMILES string of the molecule is CC(=O)NCC(=O)N1CCOCC(O)(CNC(=O)c2cscn2)C1. The number of hydrogen-bond acceptors (Lipinski definition) is 7. The molecule has 0 aliphatic carbocycles. The van der Waals surface area contributed by atoms with Gasteiger partial charge in [0, 0.05) is 18.8 Å². The molecule has 2 heterocycles. The van der Waals surface area contributed by atoms with Gasteiger partial charge >= 0.3 is 0 Å². The van der Waals surface area contributed by atoms with Crippen LogP contribution in [0.2, 0.25) is 0 Å². The molecule has 1 aromatic heterocycles. The fourth-order valence-corrected chi connectivity index (χ4v) is 2.74. The molecular formula is C14H20N4O5S. The summed E-state index contributed by atoms with van der Waals surface area (Å²) < 4.78 is 5.34. The Morgan fingerprint density at radius 3 is 2.92 bits per heavy atom. The van der Waals surface area contributed by atoms with E-state index in [0.29, 0.717) is 6.54 Å². The van der Waals surface area contributed by atoms with Gasteiger partial charge in [-0.25, -0.2) is 4.98 Å². The highest BCUT2D eigenvalue weighted by Gasteiger charge is 2.35. The maximum atomic E-state index is 12.1. The number of β-amino-alcohol motifs (C(OH)–C–C–N with tert-alkyl or cyclic N) is 1. The number of thiazole rings is 1. The number of carbonyl (C=O) groups excluding carboxylic acids is 3. The van der Waals surface area contributed by atoms with Crippen LogP contribution in [-0.2, 0) is 14.3 Å². The summed E-state index contributed by atoms with van der Waals surface area (Å²) in [5.74, 6) is -1.02. The number of rotatable bonds is 5. The zero-order valence-electron chi connectivity index (χ0n) is 13.3. The molecule has 3 amide bonds. The van der Waals surface area contributed by atoms with Crippen molar-refractivity contribution in [3.8, 4) is 0 Å². The van der Waals surface area contributed by atoms with Crippen molar-refractivity contribution in [3.05, 3.63) is 16.6 Å². The Kier molecular flexibility index (Phi) is 6.23. The number of nitrogens with one attached hydrogen (secondary N) is 2. The maximum Gasteiger partial charge on any atom is 0.270 e. The highest BCUT2D eigenvalue weighted by Crippen LogP contribution is 2.12. The molecule has 1 atom stereocenters. The Morgan fingerprint density at radius 2 is 2.25 bits per heavy atom. The molecule has 9 nitrogen and oxygen atoms in total. The van der Waals surface area contributed by atoms with Crippen molar-refractivity contribution in [1.82, 2.24) is 20.5 Å². The normalized spacial score (nSPS) is 21.0. The lowest BCUT2D eigenvalue weighted by Gasteiger charge is -2.30. The third-order valence-corrected chi connectivity index (χ3v) is 4.03. The number of amides is 3. The molecule has 0 bridgehead atoms. The summed E-state index contributed by atoms with van der Waals surface area (Å²) in [6, 6.07) is 0. The standard InChI is InChI=1S/C14H20N4O5S/c1-10(19)15-4-12(20)18-2-3-23-8-14(22,7-18)6-16-13(21)11-5-24-9-17-11/h5,9,22H,2-4,6-8H2,1H3,(H,15,19)(H,16,21). The van der Waals surface area contributed by atoms with Crippen LogP contribution < -0.4 is 10.6 Å². The smallest absolute Gasteiger partial charge is 0.270 e. The zero-order chi connectivity index (χ0) is 17.6. The largest absolute Gasteiger partial charge is 0.384 e. The Bertz CT molecular complexity index is 594. The van der Waals surface area contributed by atoms with Crippen LogP contribution in [0, 0.1) is 0 Å². The van der Waals surface area contributed by atoms with E-state index in [1.165, 1.54) is 23.2 Å². The first kappa shape index (κ1) is 18.3. The van der Waals surface area contributed by atoms with Gasteiger partial charge in [0.2, 0.25) is 11.8 Å².